The molecule has 0 fully saturated rings. The molecule has 0 bridgehead atoms. The fourth-order valence-electron chi connectivity index (χ4n) is 10.3. The van der Waals surface area contributed by atoms with Crippen LogP contribution in [0.3, 0.4) is 0 Å². The summed E-state index contributed by atoms with van der Waals surface area (Å²) in [5, 5.41) is 23.2. The number of carbonyl (C=O) groups excluding carboxylic acids is 1. The molecule has 4 heteroatoms. The molecule has 4 nitrogen and oxygen atoms in total. The molecule has 0 spiro atoms. The van der Waals surface area contributed by atoms with Gasteiger partial charge in [-0.05, 0) is 32.1 Å². The molecule has 0 saturated heterocycles. The van der Waals surface area contributed by atoms with Crippen LogP contribution in [0.4, 0.5) is 0 Å². The molecule has 1 amide bonds. The van der Waals surface area contributed by atoms with E-state index in [0.29, 0.717) is 6.42 Å². The zero-order chi connectivity index (χ0) is 49.9. The van der Waals surface area contributed by atoms with Crippen molar-refractivity contribution in [3.8, 4) is 0 Å². The van der Waals surface area contributed by atoms with E-state index in [0.717, 1.165) is 32.1 Å². The second kappa shape index (κ2) is 61.2. The lowest BCUT2D eigenvalue weighted by atomic mass is 10.0. The van der Waals surface area contributed by atoms with Gasteiger partial charge in [-0.25, -0.2) is 0 Å². The van der Waals surface area contributed by atoms with Gasteiger partial charge < -0.3 is 15.5 Å². The van der Waals surface area contributed by atoms with Gasteiger partial charge in [0.15, 0.2) is 0 Å². The highest BCUT2D eigenvalue weighted by Crippen LogP contribution is 2.19. The van der Waals surface area contributed by atoms with Crippen LogP contribution < -0.4 is 5.32 Å². The number of hydrogen-bond donors (Lipinski definition) is 3. The molecule has 0 aliphatic rings. The Bertz CT molecular complexity index is 1010. The third-order valence-corrected chi connectivity index (χ3v) is 15.2. The number of carbonyl (C=O) groups is 1. The minimum absolute atomic E-state index is 0.0650. The van der Waals surface area contributed by atoms with Gasteiger partial charge in [0.05, 0.1) is 18.8 Å². The molecule has 0 saturated carbocycles. The minimum atomic E-state index is -0.860. The highest BCUT2D eigenvalue weighted by molar-refractivity contribution is 5.76. The first-order chi connectivity index (χ1) is 34.2. The molecule has 0 aromatic heterocycles. The Morgan fingerprint density at radius 1 is 0.333 bits per heavy atom. The van der Waals surface area contributed by atoms with Crippen LogP contribution in [0.2, 0.25) is 0 Å². The zero-order valence-electron chi connectivity index (χ0n) is 47.4. The number of aliphatic hydroxyl groups is 2. The summed E-state index contributed by atoms with van der Waals surface area (Å²) in [4.78, 5) is 12.5. The normalized spacial score (nSPS) is 12.8. The van der Waals surface area contributed by atoms with Crippen LogP contribution in [-0.4, -0.2) is 34.9 Å². The SMILES string of the molecule is CCCCCCCCCCCCCCCCCCCCC/C=C/CC/C=C/C(O)C(CO)NC(=O)CCCCCCCCCCCCCCCCCCCCCCCCCCCCCCCCCC. The summed E-state index contributed by atoms with van der Waals surface area (Å²) < 4.78 is 0. The van der Waals surface area contributed by atoms with E-state index in [1.54, 1.807) is 6.08 Å². The van der Waals surface area contributed by atoms with Crippen molar-refractivity contribution in [3.05, 3.63) is 24.3 Å². The van der Waals surface area contributed by atoms with Crippen molar-refractivity contribution in [2.24, 2.45) is 0 Å². The van der Waals surface area contributed by atoms with E-state index in [4.69, 9.17) is 0 Å². The van der Waals surface area contributed by atoms with Crippen LogP contribution in [0.1, 0.15) is 367 Å². The summed E-state index contributed by atoms with van der Waals surface area (Å²) in [6.07, 6.45) is 82.5. The van der Waals surface area contributed by atoms with Gasteiger partial charge in [0.1, 0.15) is 0 Å². The molecule has 0 heterocycles. The lowest BCUT2D eigenvalue weighted by Crippen LogP contribution is -2.45. The molecule has 0 aromatic rings. The van der Waals surface area contributed by atoms with Crippen LogP contribution in [0.15, 0.2) is 24.3 Å². The van der Waals surface area contributed by atoms with Gasteiger partial charge in [-0.1, -0.05) is 353 Å². The maximum Gasteiger partial charge on any atom is 0.220 e. The lowest BCUT2D eigenvalue weighted by molar-refractivity contribution is -0.123. The topological polar surface area (TPSA) is 69.6 Å². The van der Waals surface area contributed by atoms with Crippen molar-refractivity contribution in [2.45, 2.75) is 379 Å². The molecule has 2 atom stereocenters. The first kappa shape index (κ1) is 67.9. The smallest absolute Gasteiger partial charge is 0.220 e. The number of rotatable bonds is 60. The van der Waals surface area contributed by atoms with E-state index in [9.17, 15) is 15.0 Å². The van der Waals surface area contributed by atoms with Crippen LogP contribution in [0, 0.1) is 0 Å². The number of allylic oxidation sites excluding steroid dienone is 3. The Balaban J connectivity index is 3.44. The summed E-state index contributed by atoms with van der Waals surface area (Å²) in [5.41, 5.74) is 0. The van der Waals surface area contributed by atoms with Crippen LogP contribution in [0.25, 0.3) is 0 Å². The predicted molar refractivity (Wildman–Crippen MR) is 309 cm³/mol. The molecule has 0 aliphatic carbocycles. The fraction of sp³-hybridized carbons (Fsp3) is 0.923. The largest absolute Gasteiger partial charge is 0.394 e. The number of unbranched alkanes of at least 4 members (excludes halogenated alkanes) is 51. The van der Waals surface area contributed by atoms with Crippen LogP contribution in [-0.2, 0) is 4.79 Å². The fourth-order valence-corrected chi connectivity index (χ4v) is 10.3. The first-order valence-electron chi connectivity index (χ1n) is 32.1. The van der Waals surface area contributed by atoms with E-state index in [1.165, 1.54) is 315 Å². The standard InChI is InChI=1S/C65H127NO3/c1-3-5-7-9-11-13-15-17-19-21-23-25-27-29-30-31-32-33-34-35-37-39-41-43-45-47-49-51-53-55-57-59-61-65(69)66-63(62-67)64(68)60-58-56-54-52-50-48-46-44-42-40-38-36-28-26-24-22-20-18-16-14-12-10-8-6-4-2/h50,52,58,60,63-64,67-68H,3-49,51,53-57,59,61-62H2,1-2H3,(H,66,69)/b52-50+,60-58+. The third-order valence-electron chi connectivity index (χ3n) is 15.2. The van der Waals surface area contributed by atoms with E-state index in [-0.39, 0.29) is 12.5 Å². The Hall–Kier alpha value is -1.13. The average Bonchev–Trinajstić information content (AvgIpc) is 3.35. The van der Waals surface area contributed by atoms with Gasteiger partial charge in [0.2, 0.25) is 5.91 Å². The van der Waals surface area contributed by atoms with E-state index < -0.39 is 12.1 Å². The predicted octanol–water partition coefficient (Wildman–Crippen LogP) is 21.4. The molecule has 0 radical (unpaired) electrons. The second-order valence-electron chi connectivity index (χ2n) is 22.2. The summed E-state index contributed by atoms with van der Waals surface area (Å²) in [6.45, 7) is 4.35. The van der Waals surface area contributed by atoms with Crippen molar-refractivity contribution < 1.29 is 15.0 Å². The summed E-state index contributed by atoms with van der Waals surface area (Å²) in [6, 6.07) is -0.637. The molecule has 69 heavy (non-hydrogen) atoms. The van der Waals surface area contributed by atoms with Gasteiger partial charge in [-0.15, -0.1) is 0 Å². The van der Waals surface area contributed by atoms with Gasteiger partial charge in [-0.2, -0.15) is 0 Å². The van der Waals surface area contributed by atoms with Crippen molar-refractivity contribution in [1.82, 2.24) is 5.32 Å². The van der Waals surface area contributed by atoms with Gasteiger partial charge >= 0.3 is 0 Å². The number of amides is 1. The monoisotopic (exact) mass is 970 g/mol. The quantitative estimate of drug-likeness (QED) is 0.0420. The molecule has 2 unspecified atom stereocenters. The van der Waals surface area contributed by atoms with Crippen molar-refractivity contribution >= 4 is 5.91 Å². The Morgan fingerprint density at radius 3 is 0.841 bits per heavy atom. The maximum atomic E-state index is 12.5. The molecule has 0 aliphatic heterocycles. The molecule has 0 aromatic carbocycles. The Kier molecular flexibility index (Phi) is 60.2. The lowest BCUT2D eigenvalue weighted by Gasteiger charge is -2.19. The number of nitrogens with one attached hydrogen (secondary N) is 1. The minimum Gasteiger partial charge on any atom is -0.394 e. The molecular formula is C65H127NO3. The van der Waals surface area contributed by atoms with Crippen LogP contribution >= 0.6 is 0 Å². The van der Waals surface area contributed by atoms with E-state index >= 15 is 0 Å². The number of aliphatic hydroxyl groups excluding tert-OH is 2. The highest BCUT2D eigenvalue weighted by Gasteiger charge is 2.18. The van der Waals surface area contributed by atoms with Gasteiger partial charge in [0, 0.05) is 6.42 Å². The first-order valence-corrected chi connectivity index (χ1v) is 32.1. The van der Waals surface area contributed by atoms with Crippen molar-refractivity contribution in [1.29, 1.82) is 0 Å². The van der Waals surface area contributed by atoms with Crippen molar-refractivity contribution in [3.63, 3.8) is 0 Å². The zero-order valence-corrected chi connectivity index (χ0v) is 47.4. The maximum absolute atomic E-state index is 12.5. The van der Waals surface area contributed by atoms with Crippen LogP contribution in [0.5, 0.6) is 0 Å². The summed E-state index contributed by atoms with van der Waals surface area (Å²) in [7, 11) is 0. The highest BCUT2D eigenvalue weighted by atomic mass is 16.3. The second-order valence-corrected chi connectivity index (χ2v) is 22.2. The average molecular weight is 971 g/mol. The van der Waals surface area contributed by atoms with E-state index in [2.05, 4.69) is 31.3 Å². The van der Waals surface area contributed by atoms with Gasteiger partial charge in [-0.3, -0.25) is 4.79 Å². The Morgan fingerprint density at radius 2 is 0.565 bits per heavy atom. The van der Waals surface area contributed by atoms with Crippen molar-refractivity contribution in [2.75, 3.05) is 6.61 Å². The third kappa shape index (κ3) is 57.6. The molecule has 0 rings (SSSR count). The van der Waals surface area contributed by atoms with Gasteiger partial charge in [0.25, 0.3) is 0 Å². The Labute approximate surface area is 434 Å². The molecule has 410 valence electrons. The summed E-state index contributed by atoms with van der Waals surface area (Å²) in [5.74, 6) is -0.0650. The number of hydrogen-bond acceptors (Lipinski definition) is 3. The van der Waals surface area contributed by atoms with E-state index in [1.807, 2.05) is 6.08 Å². The summed E-state index contributed by atoms with van der Waals surface area (Å²) >= 11 is 0. The molecular weight excluding hydrogens is 843 g/mol. The molecule has 3 N–H and O–H groups in total.